The van der Waals surface area contributed by atoms with Gasteiger partial charge in [0.1, 0.15) is 6.61 Å². The normalized spacial score (nSPS) is 17.4. The van der Waals surface area contributed by atoms with Crippen LogP contribution in [0.1, 0.15) is 43.0 Å². The van der Waals surface area contributed by atoms with Crippen molar-refractivity contribution >= 4 is 11.8 Å². The average molecular weight is 450 g/mol. The number of benzene rings is 2. The van der Waals surface area contributed by atoms with Gasteiger partial charge in [-0.15, -0.1) is 0 Å². The van der Waals surface area contributed by atoms with E-state index in [9.17, 15) is 22.8 Å². The van der Waals surface area contributed by atoms with E-state index >= 15 is 0 Å². The van der Waals surface area contributed by atoms with Gasteiger partial charge in [0.05, 0.1) is 18.2 Å². The summed E-state index contributed by atoms with van der Waals surface area (Å²) in [4.78, 5) is 26.9. The van der Waals surface area contributed by atoms with Gasteiger partial charge < -0.3 is 4.74 Å². The Morgan fingerprint density at radius 1 is 1.16 bits per heavy atom. The number of carbonyl (C=O) groups is 2. The van der Waals surface area contributed by atoms with E-state index in [2.05, 4.69) is 0 Å². The highest BCUT2D eigenvalue weighted by Crippen LogP contribution is 2.31. The first-order chi connectivity index (χ1) is 15.2. The third-order valence-corrected chi connectivity index (χ3v) is 5.35. The van der Waals surface area contributed by atoms with Crippen molar-refractivity contribution in [3.05, 3.63) is 70.8 Å². The van der Waals surface area contributed by atoms with E-state index in [0.29, 0.717) is 17.5 Å². The number of rotatable bonds is 5. The van der Waals surface area contributed by atoms with Crippen LogP contribution in [-0.4, -0.2) is 36.0 Å². The second-order valence-corrected chi connectivity index (χ2v) is 7.70. The van der Waals surface area contributed by atoms with E-state index in [4.69, 9.17) is 4.74 Å². The summed E-state index contributed by atoms with van der Waals surface area (Å²) in [6, 6.07) is 12.6. The van der Waals surface area contributed by atoms with Gasteiger partial charge in [0.15, 0.2) is 0 Å². The minimum Gasteiger partial charge on any atom is -0.369 e. The molecule has 0 aliphatic carbocycles. The standard InChI is InChI=1S/C23H24F3NO3.C2H6/c1-15-8-9-19(23(24,25)26)12-18(15)10-16(2)22(29)27-20(13-30-14-21(27)28)11-17-6-4-3-5-7-17;1-2/h3-9,12,16,20H,10-11,13-14H2,1-2H3;1-2H3. The number of ether oxygens (including phenoxy) is 1. The predicted molar refractivity (Wildman–Crippen MR) is 117 cm³/mol. The lowest BCUT2D eigenvalue weighted by Crippen LogP contribution is -2.55. The molecule has 0 radical (unpaired) electrons. The highest BCUT2D eigenvalue weighted by Gasteiger charge is 2.36. The smallest absolute Gasteiger partial charge is 0.369 e. The van der Waals surface area contributed by atoms with Crippen molar-refractivity contribution in [3.63, 3.8) is 0 Å². The van der Waals surface area contributed by atoms with E-state index < -0.39 is 29.6 Å². The third kappa shape index (κ3) is 6.42. The summed E-state index contributed by atoms with van der Waals surface area (Å²) in [5.74, 6) is -1.45. The molecule has 32 heavy (non-hydrogen) atoms. The molecular formula is C25H30F3NO3. The van der Waals surface area contributed by atoms with Crippen molar-refractivity contribution in [2.24, 2.45) is 5.92 Å². The fraction of sp³-hybridized carbons (Fsp3) is 0.440. The molecule has 1 aliphatic rings. The van der Waals surface area contributed by atoms with E-state index in [1.807, 2.05) is 44.2 Å². The Morgan fingerprint density at radius 2 is 1.81 bits per heavy atom. The summed E-state index contributed by atoms with van der Waals surface area (Å²) in [5, 5.41) is 0. The van der Waals surface area contributed by atoms with Crippen LogP contribution in [0, 0.1) is 12.8 Å². The highest BCUT2D eigenvalue weighted by atomic mass is 19.4. The molecular weight excluding hydrogens is 419 g/mol. The molecule has 174 valence electrons. The number of alkyl halides is 3. The summed E-state index contributed by atoms with van der Waals surface area (Å²) in [7, 11) is 0. The number of aryl methyl sites for hydroxylation is 1. The van der Waals surface area contributed by atoms with Gasteiger partial charge in [-0.25, -0.2) is 0 Å². The van der Waals surface area contributed by atoms with Gasteiger partial charge >= 0.3 is 6.18 Å². The second kappa shape index (κ2) is 11.3. The molecule has 1 heterocycles. The highest BCUT2D eigenvalue weighted by molar-refractivity contribution is 5.97. The molecule has 1 fully saturated rings. The summed E-state index contributed by atoms with van der Waals surface area (Å²) < 4.78 is 44.5. The van der Waals surface area contributed by atoms with Crippen molar-refractivity contribution in [1.82, 2.24) is 4.90 Å². The molecule has 2 aromatic rings. The topological polar surface area (TPSA) is 46.6 Å². The molecule has 7 heteroatoms. The Kier molecular flexibility index (Phi) is 9.01. The number of nitrogens with zero attached hydrogens (tertiary/aromatic N) is 1. The van der Waals surface area contributed by atoms with Gasteiger partial charge in [-0.3, -0.25) is 14.5 Å². The number of amides is 2. The van der Waals surface area contributed by atoms with Crippen LogP contribution in [0.15, 0.2) is 48.5 Å². The quantitative estimate of drug-likeness (QED) is 0.629. The minimum atomic E-state index is -4.45. The number of morpholine rings is 1. The van der Waals surface area contributed by atoms with Crippen LogP contribution in [0.2, 0.25) is 0 Å². The van der Waals surface area contributed by atoms with Gasteiger partial charge in [-0.1, -0.05) is 57.2 Å². The van der Waals surface area contributed by atoms with Crippen molar-refractivity contribution in [2.75, 3.05) is 13.2 Å². The first kappa shape index (κ1) is 25.6. The van der Waals surface area contributed by atoms with Crippen LogP contribution in [-0.2, 0) is 33.3 Å². The Hall–Kier alpha value is -2.67. The zero-order chi connectivity index (χ0) is 23.9. The summed E-state index contributed by atoms with van der Waals surface area (Å²) in [6.45, 7) is 7.42. The van der Waals surface area contributed by atoms with Crippen molar-refractivity contribution in [1.29, 1.82) is 0 Å². The molecule has 0 aromatic heterocycles. The van der Waals surface area contributed by atoms with Crippen molar-refractivity contribution in [3.8, 4) is 0 Å². The van der Waals surface area contributed by atoms with Gasteiger partial charge in [-0.2, -0.15) is 13.2 Å². The Bertz CT molecular complexity index is 912. The maximum Gasteiger partial charge on any atom is 0.416 e. The maximum atomic E-state index is 13.1. The molecule has 1 saturated heterocycles. The number of halogens is 3. The van der Waals surface area contributed by atoms with E-state index in [1.165, 1.54) is 11.0 Å². The molecule has 0 saturated carbocycles. The van der Waals surface area contributed by atoms with Crippen LogP contribution in [0.4, 0.5) is 13.2 Å². The summed E-state index contributed by atoms with van der Waals surface area (Å²) >= 11 is 0. The zero-order valence-corrected chi connectivity index (χ0v) is 18.9. The first-order valence-electron chi connectivity index (χ1n) is 10.8. The lowest BCUT2D eigenvalue weighted by atomic mass is 9.93. The molecule has 2 unspecified atom stereocenters. The minimum absolute atomic E-state index is 0.122. The number of hydrogen-bond acceptors (Lipinski definition) is 3. The van der Waals surface area contributed by atoms with Crippen LogP contribution in [0.25, 0.3) is 0 Å². The number of imide groups is 1. The largest absolute Gasteiger partial charge is 0.416 e. The molecule has 4 nitrogen and oxygen atoms in total. The molecule has 2 aromatic carbocycles. The summed E-state index contributed by atoms with van der Waals surface area (Å²) in [6.07, 6.45) is -3.86. The van der Waals surface area contributed by atoms with E-state index in [0.717, 1.165) is 17.7 Å². The fourth-order valence-corrected chi connectivity index (χ4v) is 3.69. The van der Waals surface area contributed by atoms with E-state index in [-0.39, 0.29) is 25.5 Å². The lowest BCUT2D eigenvalue weighted by Gasteiger charge is -2.35. The van der Waals surface area contributed by atoms with E-state index in [1.54, 1.807) is 13.8 Å². The monoisotopic (exact) mass is 449 g/mol. The third-order valence-electron chi connectivity index (χ3n) is 5.35. The van der Waals surface area contributed by atoms with Gasteiger partial charge in [0.25, 0.3) is 5.91 Å². The molecule has 0 bridgehead atoms. The zero-order valence-electron chi connectivity index (χ0n) is 18.9. The van der Waals surface area contributed by atoms with Gasteiger partial charge in [0, 0.05) is 5.92 Å². The predicted octanol–water partition coefficient (Wildman–Crippen LogP) is 5.22. The summed E-state index contributed by atoms with van der Waals surface area (Å²) in [5.41, 5.74) is 1.36. The SMILES string of the molecule is CC.Cc1ccc(C(F)(F)F)cc1CC(C)C(=O)N1C(=O)COCC1Cc1ccccc1. The van der Waals surface area contributed by atoms with Crippen LogP contribution >= 0.6 is 0 Å². The van der Waals surface area contributed by atoms with Gasteiger partial charge in [0.2, 0.25) is 5.91 Å². The lowest BCUT2D eigenvalue weighted by molar-refractivity contribution is -0.161. The van der Waals surface area contributed by atoms with Crippen LogP contribution in [0.5, 0.6) is 0 Å². The Balaban J connectivity index is 0.00000176. The molecule has 0 spiro atoms. The molecule has 2 atom stereocenters. The second-order valence-electron chi connectivity index (χ2n) is 7.70. The Labute approximate surface area is 187 Å². The first-order valence-corrected chi connectivity index (χ1v) is 10.8. The van der Waals surface area contributed by atoms with Crippen molar-refractivity contribution < 1.29 is 27.5 Å². The number of carbonyl (C=O) groups excluding carboxylic acids is 2. The van der Waals surface area contributed by atoms with Crippen LogP contribution < -0.4 is 0 Å². The molecule has 2 amide bonds. The van der Waals surface area contributed by atoms with Gasteiger partial charge in [-0.05, 0) is 48.6 Å². The molecule has 0 N–H and O–H groups in total. The van der Waals surface area contributed by atoms with Crippen LogP contribution in [0.3, 0.4) is 0 Å². The maximum absolute atomic E-state index is 13.1. The Morgan fingerprint density at radius 3 is 2.44 bits per heavy atom. The van der Waals surface area contributed by atoms with Crippen molar-refractivity contribution in [2.45, 2.75) is 52.8 Å². The number of hydrogen-bond donors (Lipinski definition) is 0. The molecule has 3 rings (SSSR count). The molecule has 1 aliphatic heterocycles. The average Bonchev–Trinajstić information content (AvgIpc) is 2.76. The fourth-order valence-electron chi connectivity index (χ4n) is 3.69.